The van der Waals surface area contributed by atoms with Gasteiger partial charge in [0.1, 0.15) is 16.6 Å². The van der Waals surface area contributed by atoms with Gasteiger partial charge in [0.2, 0.25) is 0 Å². The highest BCUT2D eigenvalue weighted by atomic mass is 15.6. The SMILES string of the molecule is c1ccc2c(c1)nnn2CN(Cn1nnc2ccccc21)Cn1nnc2ccccc21. The Balaban J connectivity index is 1.37. The van der Waals surface area contributed by atoms with E-state index in [4.69, 9.17) is 0 Å². The van der Waals surface area contributed by atoms with Crippen LogP contribution < -0.4 is 0 Å². The van der Waals surface area contributed by atoms with Crippen molar-refractivity contribution in [3.63, 3.8) is 0 Å². The molecule has 0 amide bonds. The molecule has 0 radical (unpaired) electrons. The highest BCUT2D eigenvalue weighted by molar-refractivity contribution is 5.75. The first-order valence-corrected chi connectivity index (χ1v) is 9.92. The summed E-state index contributed by atoms with van der Waals surface area (Å²) in [5.41, 5.74) is 5.50. The molecule has 10 nitrogen and oxygen atoms in total. The lowest BCUT2D eigenvalue weighted by Gasteiger charge is -2.22. The van der Waals surface area contributed by atoms with E-state index in [9.17, 15) is 0 Å². The van der Waals surface area contributed by atoms with Gasteiger partial charge in [-0.3, -0.25) is 0 Å². The first kappa shape index (κ1) is 17.7. The summed E-state index contributed by atoms with van der Waals surface area (Å²) in [6.45, 7) is 1.51. The van der Waals surface area contributed by atoms with Crippen LogP contribution in [0, 0.1) is 0 Å². The molecule has 0 bridgehead atoms. The molecule has 3 aromatic carbocycles. The highest BCUT2D eigenvalue weighted by Crippen LogP contribution is 2.16. The Kier molecular flexibility index (Phi) is 4.13. The Hall–Kier alpha value is -4.18. The van der Waals surface area contributed by atoms with E-state index < -0.39 is 0 Å². The summed E-state index contributed by atoms with van der Waals surface area (Å²) < 4.78 is 5.65. The van der Waals surface area contributed by atoms with E-state index >= 15 is 0 Å². The molecule has 0 fully saturated rings. The second-order valence-electron chi connectivity index (χ2n) is 7.33. The summed E-state index contributed by atoms with van der Waals surface area (Å²) in [6, 6.07) is 23.8. The van der Waals surface area contributed by atoms with Gasteiger partial charge >= 0.3 is 0 Å². The largest absolute Gasteiger partial charge is 0.245 e. The van der Waals surface area contributed by atoms with Gasteiger partial charge in [-0.15, -0.1) is 15.3 Å². The van der Waals surface area contributed by atoms with Gasteiger partial charge in [0, 0.05) is 0 Å². The third-order valence-corrected chi connectivity index (χ3v) is 5.26. The predicted octanol–water partition coefficient (Wildman–Crippen LogP) is 2.50. The maximum Gasteiger partial charge on any atom is 0.113 e. The second-order valence-corrected chi connectivity index (χ2v) is 7.33. The summed E-state index contributed by atoms with van der Waals surface area (Å²) in [4.78, 5) is 2.17. The van der Waals surface area contributed by atoms with Crippen molar-refractivity contribution >= 4 is 33.1 Å². The lowest BCUT2D eigenvalue weighted by atomic mass is 10.3. The van der Waals surface area contributed by atoms with Crippen LogP contribution in [0.25, 0.3) is 33.1 Å². The zero-order valence-corrected chi connectivity index (χ0v) is 16.5. The number of nitrogens with zero attached hydrogens (tertiary/aromatic N) is 10. The van der Waals surface area contributed by atoms with E-state index in [1.54, 1.807) is 0 Å². The fourth-order valence-electron chi connectivity index (χ4n) is 3.77. The van der Waals surface area contributed by atoms with E-state index in [1.165, 1.54) is 0 Å². The van der Waals surface area contributed by atoms with Crippen LogP contribution in [0.1, 0.15) is 0 Å². The minimum absolute atomic E-state index is 0.503. The Bertz CT molecular complexity index is 1310. The Labute approximate surface area is 176 Å². The van der Waals surface area contributed by atoms with Gasteiger partial charge in [0.25, 0.3) is 0 Å². The molecule has 0 aliphatic rings. The van der Waals surface area contributed by atoms with Crippen molar-refractivity contribution in [2.45, 2.75) is 20.0 Å². The number of benzene rings is 3. The molecule has 0 aliphatic carbocycles. The number of hydrogen-bond donors (Lipinski definition) is 0. The minimum atomic E-state index is 0.503. The van der Waals surface area contributed by atoms with Gasteiger partial charge in [-0.05, 0) is 36.4 Å². The lowest BCUT2D eigenvalue weighted by Crippen LogP contribution is -2.32. The molecular formula is C21H18N10. The van der Waals surface area contributed by atoms with Crippen molar-refractivity contribution in [1.82, 2.24) is 49.9 Å². The molecule has 0 saturated carbocycles. The second kappa shape index (κ2) is 7.26. The van der Waals surface area contributed by atoms with Crippen molar-refractivity contribution in [1.29, 1.82) is 0 Å². The molecule has 3 aromatic heterocycles. The maximum absolute atomic E-state index is 4.35. The van der Waals surface area contributed by atoms with Gasteiger partial charge in [-0.2, -0.15) is 0 Å². The standard InChI is InChI=1S/C21H18N10/c1-4-10-19-16(7-1)22-25-29(19)13-28(14-30-20-11-5-2-8-17(20)23-26-30)15-31-21-12-6-3-9-18(21)24-27-31/h1-12H,13-15H2. The van der Waals surface area contributed by atoms with Crippen LogP contribution in [0.15, 0.2) is 72.8 Å². The lowest BCUT2D eigenvalue weighted by molar-refractivity contribution is 0.110. The Morgan fingerprint density at radius 2 is 0.806 bits per heavy atom. The van der Waals surface area contributed by atoms with Crippen LogP contribution in [0.2, 0.25) is 0 Å². The fourth-order valence-corrected chi connectivity index (χ4v) is 3.77. The van der Waals surface area contributed by atoms with E-state index in [1.807, 2.05) is 86.8 Å². The van der Waals surface area contributed by atoms with Gasteiger partial charge in [-0.25, -0.2) is 18.9 Å². The van der Waals surface area contributed by atoms with Crippen molar-refractivity contribution in [3.05, 3.63) is 72.8 Å². The third-order valence-electron chi connectivity index (χ3n) is 5.26. The summed E-state index contributed by atoms with van der Waals surface area (Å²) in [5.74, 6) is 0. The number of hydrogen-bond acceptors (Lipinski definition) is 7. The molecule has 0 atom stereocenters. The zero-order chi connectivity index (χ0) is 20.6. The number of fused-ring (bicyclic) bond motifs is 3. The number of para-hydroxylation sites is 3. The highest BCUT2D eigenvalue weighted by Gasteiger charge is 2.15. The van der Waals surface area contributed by atoms with Gasteiger partial charge in [0.05, 0.1) is 36.6 Å². The van der Waals surface area contributed by atoms with Gasteiger partial charge < -0.3 is 0 Å². The number of rotatable bonds is 6. The van der Waals surface area contributed by atoms with E-state index in [0.717, 1.165) is 33.1 Å². The Morgan fingerprint density at radius 1 is 0.484 bits per heavy atom. The third kappa shape index (κ3) is 3.19. The molecule has 3 heterocycles. The monoisotopic (exact) mass is 410 g/mol. The van der Waals surface area contributed by atoms with E-state index in [2.05, 4.69) is 35.8 Å². The van der Waals surface area contributed by atoms with Crippen LogP contribution in [-0.2, 0) is 20.0 Å². The maximum atomic E-state index is 4.35. The molecule has 152 valence electrons. The number of aromatic nitrogens is 9. The summed E-state index contributed by atoms with van der Waals surface area (Å²) in [5, 5.41) is 25.9. The average molecular weight is 410 g/mol. The van der Waals surface area contributed by atoms with E-state index in [-0.39, 0.29) is 0 Å². The average Bonchev–Trinajstić information content (AvgIpc) is 3.52. The van der Waals surface area contributed by atoms with Gasteiger partial charge in [-0.1, -0.05) is 52.0 Å². The van der Waals surface area contributed by atoms with E-state index in [0.29, 0.717) is 20.0 Å². The molecule has 0 saturated heterocycles. The first-order valence-electron chi connectivity index (χ1n) is 9.92. The minimum Gasteiger partial charge on any atom is -0.245 e. The van der Waals surface area contributed by atoms with Crippen LogP contribution in [0.5, 0.6) is 0 Å². The van der Waals surface area contributed by atoms with Crippen LogP contribution >= 0.6 is 0 Å². The molecule has 0 unspecified atom stereocenters. The van der Waals surface area contributed by atoms with Crippen molar-refractivity contribution in [2.75, 3.05) is 0 Å². The van der Waals surface area contributed by atoms with Crippen LogP contribution in [0.3, 0.4) is 0 Å². The molecular weight excluding hydrogens is 392 g/mol. The quantitative estimate of drug-likeness (QED) is 0.416. The molecule has 6 aromatic rings. The van der Waals surface area contributed by atoms with Crippen molar-refractivity contribution in [3.8, 4) is 0 Å². The summed E-state index contributed by atoms with van der Waals surface area (Å²) in [6.07, 6.45) is 0. The molecule has 6 rings (SSSR count). The van der Waals surface area contributed by atoms with Crippen molar-refractivity contribution < 1.29 is 0 Å². The van der Waals surface area contributed by atoms with Gasteiger partial charge in [0.15, 0.2) is 0 Å². The normalized spacial score (nSPS) is 11.9. The molecule has 10 heteroatoms. The summed E-state index contributed by atoms with van der Waals surface area (Å²) in [7, 11) is 0. The Morgan fingerprint density at radius 3 is 1.16 bits per heavy atom. The van der Waals surface area contributed by atoms with Crippen LogP contribution in [-0.4, -0.2) is 49.9 Å². The molecule has 0 aliphatic heterocycles. The van der Waals surface area contributed by atoms with Crippen molar-refractivity contribution in [2.24, 2.45) is 0 Å². The smallest absolute Gasteiger partial charge is 0.113 e. The van der Waals surface area contributed by atoms with Crippen LogP contribution in [0.4, 0.5) is 0 Å². The zero-order valence-electron chi connectivity index (χ0n) is 16.5. The molecule has 0 N–H and O–H groups in total. The molecule has 0 spiro atoms. The molecule has 31 heavy (non-hydrogen) atoms. The predicted molar refractivity (Wildman–Crippen MR) is 114 cm³/mol. The summed E-state index contributed by atoms with van der Waals surface area (Å²) >= 11 is 0. The fraction of sp³-hybridized carbons (Fsp3) is 0.143. The topological polar surface area (TPSA) is 95.4 Å². The first-order chi connectivity index (χ1) is 15.3.